The Balaban J connectivity index is 2.19. The minimum absolute atomic E-state index is 0.0618. The van der Waals surface area contributed by atoms with Crippen LogP contribution in [-0.2, 0) is 9.53 Å². The number of benzene rings is 1. The topological polar surface area (TPSA) is 46.5 Å². The molecule has 1 aliphatic rings. The summed E-state index contributed by atoms with van der Waals surface area (Å²) in [5.41, 5.74) is 1.03. The third kappa shape index (κ3) is 2.21. The minimum atomic E-state index is -0.978. The summed E-state index contributed by atoms with van der Waals surface area (Å²) in [6, 6.07) is 9.67. The second-order valence-corrected chi connectivity index (χ2v) is 3.91. The Hall–Kier alpha value is -1.45. The van der Waals surface area contributed by atoms with Gasteiger partial charge in [-0.25, -0.2) is 0 Å². The van der Waals surface area contributed by atoms with E-state index in [0.717, 1.165) is 5.56 Å². The zero-order valence-electron chi connectivity index (χ0n) is 9.04. The zero-order valence-corrected chi connectivity index (χ0v) is 9.04. The predicted molar refractivity (Wildman–Crippen MR) is 59.9 cm³/mol. The lowest BCUT2D eigenvalue weighted by molar-refractivity contribution is -0.150. The molecule has 1 aliphatic heterocycles. The van der Waals surface area contributed by atoms with E-state index in [2.05, 4.69) is 0 Å². The molecule has 0 saturated carbocycles. The fraction of sp³-hybridized carbons (Fsp3) is 0.308. The number of rotatable bonds is 2. The second kappa shape index (κ2) is 4.60. The van der Waals surface area contributed by atoms with Gasteiger partial charge in [0.1, 0.15) is 6.10 Å². The molecule has 1 N–H and O–H groups in total. The van der Waals surface area contributed by atoms with Crippen LogP contribution in [-0.4, -0.2) is 23.3 Å². The number of ether oxygens (including phenoxy) is 1. The molecule has 0 aliphatic carbocycles. The van der Waals surface area contributed by atoms with Crippen LogP contribution in [0, 0.1) is 0 Å². The van der Waals surface area contributed by atoms with Crippen molar-refractivity contribution < 1.29 is 14.6 Å². The molecule has 0 spiro atoms. The Kier molecular flexibility index (Phi) is 3.17. The first-order valence-electron chi connectivity index (χ1n) is 5.29. The van der Waals surface area contributed by atoms with Gasteiger partial charge in [0, 0.05) is 5.92 Å². The van der Waals surface area contributed by atoms with Crippen molar-refractivity contribution in [2.24, 2.45) is 0 Å². The summed E-state index contributed by atoms with van der Waals surface area (Å²) >= 11 is 0. The van der Waals surface area contributed by atoms with Crippen molar-refractivity contribution in [3.05, 3.63) is 48.0 Å². The highest BCUT2D eigenvalue weighted by Gasteiger charge is 2.30. The van der Waals surface area contributed by atoms with Gasteiger partial charge in [0.25, 0.3) is 0 Å². The van der Waals surface area contributed by atoms with Gasteiger partial charge in [0.05, 0.1) is 0 Å². The van der Waals surface area contributed by atoms with Crippen LogP contribution in [0.15, 0.2) is 42.5 Å². The maximum absolute atomic E-state index is 11.6. The molecule has 3 atom stereocenters. The van der Waals surface area contributed by atoms with Crippen molar-refractivity contribution in [3.8, 4) is 0 Å². The van der Waals surface area contributed by atoms with Crippen LogP contribution in [0.1, 0.15) is 18.4 Å². The predicted octanol–water partition coefficient (Wildman–Crippen LogP) is 1.63. The second-order valence-electron chi connectivity index (χ2n) is 3.91. The maximum Gasteiger partial charge on any atom is 0.184 e. The summed E-state index contributed by atoms with van der Waals surface area (Å²) < 4.78 is 5.23. The normalized spacial score (nSPS) is 26.8. The van der Waals surface area contributed by atoms with Crippen LogP contribution in [0.3, 0.4) is 0 Å². The molecular weight excluding hydrogens is 204 g/mol. The lowest BCUT2D eigenvalue weighted by atomic mass is 9.92. The van der Waals surface area contributed by atoms with E-state index in [4.69, 9.17) is 4.74 Å². The van der Waals surface area contributed by atoms with E-state index in [1.807, 2.05) is 37.3 Å². The largest absolute Gasteiger partial charge is 0.365 e. The molecule has 1 aromatic rings. The molecule has 0 unspecified atom stereocenters. The van der Waals surface area contributed by atoms with E-state index in [0.29, 0.717) is 0 Å². The monoisotopic (exact) mass is 218 g/mol. The Morgan fingerprint density at radius 2 is 2.00 bits per heavy atom. The quantitative estimate of drug-likeness (QED) is 0.820. The summed E-state index contributed by atoms with van der Waals surface area (Å²) in [7, 11) is 0. The SMILES string of the molecule is C[C@H](c1ccccc1)[C@@H]1O[C@@H](O)C=CC1=O. The van der Waals surface area contributed by atoms with Crippen LogP contribution >= 0.6 is 0 Å². The van der Waals surface area contributed by atoms with Crippen LogP contribution in [0.2, 0.25) is 0 Å². The Bertz CT molecular complexity index is 397. The van der Waals surface area contributed by atoms with Crippen molar-refractivity contribution in [2.75, 3.05) is 0 Å². The Labute approximate surface area is 94.4 Å². The van der Waals surface area contributed by atoms with Gasteiger partial charge in [-0.3, -0.25) is 4.79 Å². The smallest absolute Gasteiger partial charge is 0.184 e. The molecule has 2 rings (SSSR count). The van der Waals surface area contributed by atoms with Crippen LogP contribution in [0.25, 0.3) is 0 Å². The number of carbonyl (C=O) groups is 1. The van der Waals surface area contributed by atoms with Crippen LogP contribution < -0.4 is 0 Å². The van der Waals surface area contributed by atoms with Gasteiger partial charge in [0.2, 0.25) is 0 Å². The summed E-state index contributed by atoms with van der Waals surface area (Å²) in [6.07, 6.45) is 1.17. The van der Waals surface area contributed by atoms with Gasteiger partial charge < -0.3 is 9.84 Å². The van der Waals surface area contributed by atoms with Crippen molar-refractivity contribution >= 4 is 5.78 Å². The van der Waals surface area contributed by atoms with Gasteiger partial charge >= 0.3 is 0 Å². The molecule has 0 radical (unpaired) electrons. The van der Waals surface area contributed by atoms with Crippen molar-refractivity contribution in [1.82, 2.24) is 0 Å². The van der Waals surface area contributed by atoms with Crippen LogP contribution in [0.5, 0.6) is 0 Å². The van der Waals surface area contributed by atoms with Crippen molar-refractivity contribution in [3.63, 3.8) is 0 Å². The number of carbonyl (C=O) groups excluding carboxylic acids is 1. The average molecular weight is 218 g/mol. The third-order valence-corrected chi connectivity index (χ3v) is 2.77. The van der Waals surface area contributed by atoms with E-state index in [1.54, 1.807) is 0 Å². The first-order chi connectivity index (χ1) is 7.68. The fourth-order valence-electron chi connectivity index (χ4n) is 1.83. The fourth-order valence-corrected chi connectivity index (χ4v) is 1.83. The van der Waals surface area contributed by atoms with Crippen LogP contribution in [0.4, 0.5) is 0 Å². The number of aliphatic hydroxyl groups excluding tert-OH is 1. The highest BCUT2D eigenvalue weighted by molar-refractivity contribution is 5.95. The summed E-state index contributed by atoms with van der Waals surface area (Å²) in [5.74, 6) is -0.157. The van der Waals surface area contributed by atoms with E-state index in [-0.39, 0.29) is 11.7 Å². The summed E-state index contributed by atoms with van der Waals surface area (Å²) in [5, 5.41) is 9.33. The molecule has 1 heterocycles. The van der Waals surface area contributed by atoms with E-state index in [1.165, 1.54) is 12.2 Å². The molecule has 0 amide bonds. The number of ketones is 1. The molecule has 0 bridgehead atoms. The summed E-state index contributed by atoms with van der Waals surface area (Å²) in [4.78, 5) is 11.6. The summed E-state index contributed by atoms with van der Waals surface area (Å²) in [6.45, 7) is 1.92. The molecular formula is C13H14O3. The number of aliphatic hydroxyl groups is 1. The van der Waals surface area contributed by atoms with Gasteiger partial charge in [-0.15, -0.1) is 0 Å². The van der Waals surface area contributed by atoms with Gasteiger partial charge in [-0.05, 0) is 17.7 Å². The highest BCUT2D eigenvalue weighted by Crippen LogP contribution is 2.25. The average Bonchev–Trinajstić information content (AvgIpc) is 2.32. The maximum atomic E-state index is 11.6. The first-order valence-corrected chi connectivity index (χ1v) is 5.29. The molecule has 0 aromatic heterocycles. The van der Waals surface area contributed by atoms with Crippen molar-refractivity contribution in [1.29, 1.82) is 0 Å². The lowest BCUT2D eigenvalue weighted by Gasteiger charge is -2.26. The highest BCUT2D eigenvalue weighted by atomic mass is 16.6. The number of hydrogen-bond acceptors (Lipinski definition) is 3. The van der Waals surface area contributed by atoms with Gasteiger partial charge in [-0.1, -0.05) is 37.3 Å². The zero-order chi connectivity index (χ0) is 11.5. The van der Waals surface area contributed by atoms with Gasteiger partial charge in [-0.2, -0.15) is 0 Å². The standard InChI is InChI=1S/C13H14O3/c1-9(10-5-3-2-4-6-10)13-11(14)7-8-12(15)16-13/h2-9,12-13,15H,1H3/t9-,12-,13+/m1/s1. The molecule has 1 aromatic carbocycles. The Morgan fingerprint density at radius 3 is 2.69 bits per heavy atom. The third-order valence-electron chi connectivity index (χ3n) is 2.77. The van der Waals surface area contributed by atoms with Gasteiger partial charge in [0.15, 0.2) is 12.1 Å². The lowest BCUT2D eigenvalue weighted by Crippen LogP contribution is -2.35. The molecule has 0 saturated heterocycles. The molecule has 84 valence electrons. The molecule has 16 heavy (non-hydrogen) atoms. The van der Waals surface area contributed by atoms with E-state index < -0.39 is 12.4 Å². The van der Waals surface area contributed by atoms with Crippen molar-refractivity contribution in [2.45, 2.75) is 25.2 Å². The van der Waals surface area contributed by atoms with E-state index >= 15 is 0 Å². The van der Waals surface area contributed by atoms with E-state index in [9.17, 15) is 9.90 Å². The molecule has 0 fully saturated rings. The number of hydrogen-bond donors (Lipinski definition) is 1. The molecule has 3 nitrogen and oxygen atoms in total. The molecule has 3 heteroatoms. The Morgan fingerprint density at radius 1 is 1.31 bits per heavy atom. The first kappa shape index (κ1) is 11.0. The minimum Gasteiger partial charge on any atom is -0.365 e.